The van der Waals surface area contributed by atoms with Crippen LogP contribution in [0.5, 0.6) is 0 Å². The third kappa shape index (κ3) is 4.42. The Labute approximate surface area is 200 Å². The van der Waals surface area contributed by atoms with Crippen LogP contribution >= 0.6 is 0 Å². The Bertz CT molecular complexity index is 1270. The van der Waals surface area contributed by atoms with Crippen molar-refractivity contribution < 1.29 is 9.32 Å². The number of aromatic nitrogens is 4. The van der Waals surface area contributed by atoms with Crippen LogP contribution in [0.2, 0.25) is 0 Å². The van der Waals surface area contributed by atoms with Crippen molar-refractivity contribution in [2.24, 2.45) is 17.9 Å². The number of carbonyl (C=O) groups excluding carboxylic acids is 1. The molecule has 0 aromatic carbocycles. The molecule has 0 spiro atoms. The van der Waals surface area contributed by atoms with Crippen molar-refractivity contribution in [3.63, 3.8) is 0 Å². The van der Waals surface area contributed by atoms with E-state index in [1.807, 2.05) is 10.6 Å². The number of nitrogens with zero attached hydrogens (tertiary/aromatic N) is 4. The number of carbonyl (C=O) groups is 1. The van der Waals surface area contributed by atoms with E-state index in [0.717, 1.165) is 30.5 Å². The van der Waals surface area contributed by atoms with E-state index in [9.17, 15) is 9.59 Å². The first-order valence-electron chi connectivity index (χ1n) is 12.1. The number of imidazole rings is 1. The van der Waals surface area contributed by atoms with Crippen molar-refractivity contribution in [1.29, 1.82) is 0 Å². The molecule has 3 heterocycles. The molecular formula is C26H37N5O3. The molecule has 8 nitrogen and oxygen atoms in total. The van der Waals surface area contributed by atoms with Crippen LogP contribution in [0.3, 0.4) is 0 Å². The first-order valence-corrected chi connectivity index (χ1v) is 12.1. The van der Waals surface area contributed by atoms with Crippen LogP contribution in [-0.2, 0) is 13.6 Å². The lowest BCUT2D eigenvalue weighted by atomic mass is 9.68. The Hall–Kier alpha value is -2.90. The molecule has 1 amide bonds. The lowest BCUT2D eigenvalue weighted by Gasteiger charge is -2.42. The molecule has 0 bridgehead atoms. The zero-order valence-corrected chi connectivity index (χ0v) is 21.7. The van der Waals surface area contributed by atoms with Gasteiger partial charge in [-0.1, -0.05) is 39.8 Å². The van der Waals surface area contributed by atoms with E-state index in [-0.39, 0.29) is 34.4 Å². The van der Waals surface area contributed by atoms with Gasteiger partial charge in [0.15, 0.2) is 5.65 Å². The van der Waals surface area contributed by atoms with E-state index < -0.39 is 0 Å². The van der Waals surface area contributed by atoms with Crippen LogP contribution in [0.1, 0.15) is 87.3 Å². The number of fused-ring (bicyclic) bond motifs is 1. The summed E-state index contributed by atoms with van der Waals surface area (Å²) in [5.74, 6) is 0.599. The number of pyridine rings is 1. The Morgan fingerprint density at radius 1 is 1.26 bits per heavy atom. The summed E-state index contributed by atoms with van der Waals surface area (Å²) in [6.45, 7) is 15.0. The number of aryl methyl sites for hydroxylation is 3. The molecule has 2 atom stereocenters. The van der Waals surface area contributed by atoms with E-state index in [1.165, 1.54) is 0 Å². The van der Waals surface area contributed by atoms with Crippen LogP contribution in [-0.4, -0.2) is 31.2 Å². The van der Waals surface area contributed by atoms with Gasteiger partial charge in [-0.15, -0.1) is 0 Å². The van der Waals surface area contributed by atoms with Gasteiger partial charge in [0.2, 0.25) is 0 Å². The van der Waals surface area contributed by atoms with Crippen molar-refractivity contribution in [2.45, 2.75) is 86.2 Å². The number of amides is 1. The minimum Gasteiger partial charge on any atom is -0.361 e. The maximum Gasteiger partial charge on any atom is 0.330 e. The molecule has 3 aromatic heterocycles. The molecular weight excluding hydrogens is 430 g/mol. The van der Waals surface area contributed by atoms with Crippen molar-refractivity contribution in [1.82, 2.24) is 24.6 Å². The maximum atomic E-state index is 13.1. The van der Waals surface area contributed by atoms with Crippen LogP contribution in [0, 0.1) is 24.7 Å². The lowest BCUT2D eigenvalue weighted by molar-refractivity contribution is 0.0834. The molecule has 8 heteroatoms. The van der Waals surface area contributed by atoms with Gasteiger partial charge < -0.3 is 9.84 Å². The van der Waals surface area contributed by atoms with Crippen molar-refractivity contribution in [3.8, 4) is 0 Å². The minimum absolute atomic E-state index is 0.0146. The average molecular weight is 468 g/mol. The lowest BCUT2D eigenvalue weighted by Crippen LogP contribution is -2.48. The van der Waals surface area contributed by atoms with Gasteiger partial charge in [-0.3, -0.25) is 13.9 Å². The fourth-order valence-corrected chi connectivity index (χ4v) is 5.14. The maximum absolute atomic E-state index is 13.1. The molecule has 34 heavy (non-hydrogen) atoms. The molecule has 0 saturated heterocycles. The Morgan fingerprint density at radius 2 is 1.97 bits per heavy atom. The van der Waals surface area contributed by atoms with Crippen molar-refractivity contribution >= 4 is 17.1 Å². The Morgan fingerprint density at radius 3 is 2.59 bits per heavy atom. The summed E-state index contributed by atoms with van der Waals surface area (Å²) >= 11 is 0. The average Bonchev–Trinajstić information content (AvgIpc) is 3.19. The summed E-state index contributed by atoms with van der Waals surface area (Å²) in [6, 6.07) is 4.07. The molecule has 1 aliphatic carbocycles. The SMILES string of the molecule is Cc1noc(C)c1C(=O)NC1CC(c2ccc3c(n2)n(C)c(=O)n3CC(C)(C)C)CCC1(C)C. The smallest absolute Gasteiger partial charge is 0.330 e. The second kappa shape index (κ2) is 8.40. The molecule has 3 aromatic rings. The number of nitrogens with one attached hydrogen (secondary N) is 1. The summed E-state index contributed by atoms with van der Waals surface area (Å²) in [5, 5.41) is 7.18. The van der Waals surface area contributed by atoms with Gasteiger partial charge in [0.05, 0.1) is 11.2 Å². The highest BCUT2D eigenvalue weighted by molar-refractivity contribution is 5.96. The standard InChI is InChI=1S/C26H37N5O3/c1-15-21(16(2)34-29-15)23(32)28-20-13-17(11-12-26(20,6)7)18-9-10-19-22(27-18)30(8)24(33)31(19)14-25(3,4)5/h9-10,17,20H,11-14H2,1-8H3,(H,28,32). The summed E-state index contributed by atoms with van der Waals surface area (Å²) in [7, 11) is 1.79. The molecule has 184 valence electrons. The largest absolute Gasteiger partial charge is 0.361 e. The molecule has 1 saturated carbocycles. The van der Waals surface area contributed by atoms with E-state index in [1.54, 1.807) is 25.5 Å². The molecule has 1 N–H and O–H groups in total. The molecule has 1 fully saturated rings. The van der Waals surface area contributed by atoms with Gasteiger partial charge in [0.1, 0.15) is 11.3 Å². The second-order valence-corrected chi connectivity index (χ2v) is 11.8. The summed E-state index contributed by atoms with van der Waals surface area (Å²) in [6.07, 6.45) is 2.74. The highest BCUT2D eigenvalue weighted by Crippen LogP contribution is 2.42. The van der Waals surface area contributed by atoms with Crippen LogP contribution in [0.4, 0.5) is 0 Å². The quantitative estimate of drug-likeness (QED) is 0.610. The molecule has 0 radical (unpaired) electrons. The highest BCUT2D eigenvalue weighted by atomic mass is 16.5. The Kier molecular flexibility index (Phi) is 5.98. The molecule has 2 unspecified atom stereocenters. The van der Waals surface area contributed by atoms with Crippen molar-refractivity contribution in [3.05, 3.63) is 45.3 Å². The fraction of sp³-hybridized carbons (Fsp3) is 0.615. The molecule has 0 aliphatic heterocycles. The topological polar surface area (TPSA) is 95.0 Å². The minimum atomic E-state index is -0.139. The first kappa shape index (κ1) is 24.2. The van der Waals surface area contributed by atoms with Crippen LogP contribution in [0.25, 0.3) is 11.2 Å². The van der Waals surface area contributed by atoms with Gasteiger partial charge in [0, 0.05) is 31.2 Å². The molecule has 1 aliphatic rings. The predicted molar refractivity (Wildman–Crippen MR) is 132 cm³/mol. The van der Waals surface area contributed by atoms with Gasteiger partial charge in [-0.2, -0.15) is 0 Å². The zero-order chi connectivity index (χ0) is 25.0. The third-order valence-electron chi connectivity index (χ3n) is 7.22. The van der Waals surface area contributed by atoms with Crippen molar-refractivity contribution in [2.75, 3.05) is 0 Å². The number of hydrogen-bond donors (Lipinski definition) is 1. The normalized spacial score (nSPS) is 20.6. The summed E-state index contributed by atoms with van der Waals surface area (Å²) < 4.78 is 8.66. The van der Waals surface area contributed by atoms with Gasteiger partial charge in [0.25, 0.3) is 5.91 Å². The molecule has 4 rings (SSSR count). The zero-order valence-electron chi connectivity index (χ0n) is 21.7. The van der Waals surface area contributed by atoms with E-state index in [4.69, 9.17) is 9.51 Å². The number of rotatable bonds is 4. The number of hydrogen-bond acceptors (Lipinski definition) is 5. The van der Waals surface area contributed by atoms with E-state index in [2.05, 4.69) is 51.2 Å². The van der Waals surface area contributed by atoms with E-state index >= 15 is 0 Å². The monoisotopic (exact) mass is 467 g/mol. The summed E-state index contributed by atoms with van der Waals surface area (Å²) in [5.41, 5.74) is 3.59. The van der Waals surface area contributed by atoms with Gasteiger partial charge >= 0.3 is 5.69 Å². The van der Waals surface area contributed by atoms with Gasteiger partial charge in [-0.05, 0) is 56.1 Å². The third-order valence-corrected chi connectivity index (χ3v) is 7.22. The van der Waals surface area contributed by atoms with Crippen LogP contribution in [0.15, 0.2) is 21.5 Å². The Balaban J connectivity index is 1.62. The predicted octanol–water partition coefficient (Wildman–Crippen LogP) is 4.48. The van der Waals surface area contributed by atoms with Gasteiger partial charge in [-0.25, -0.2) is 9.78 Å². The summed E-state index contributed by atoms with van der Waals surface area (Å²) in [4.78, 5) is 30.9. The highest BCUT2D eigenvalue weighted by Gasteiger charge is 2.39. The first-order chi connectivity index (χ1) is 15.8. The fourth-order valence-electron chi connectivity index (χ4n) is 5.14. The van der Waals surface area contributed by atoms with Crippen LogP contribution < -0.4 is 11.0 Å². The van der Waals surface area contributed by atoms with E-state index in [0.29, 0.717) is 29.2 Å². The second-order valence-electron chi connectivity index (χ2n) is 11.8.